The first kappa shape index (κ1) is 18.1. The van der Waals surface area contributed by atoms with Gasteiger partial charge < -0.3 is 18.9 Å². The van der Waals surface area contributed by atoms with Crippen LogP contribution in [-0.4, -0.2) is 26.3 Å². The molecule has 0 saturated heterocycles. The van der Waals surface area contributed by atoms with E-state index in [1.165, 1.54) is 0 Å². The molecular weight excluding hydrogens is 332 g/mol. The normalized spacial score (nSPS) is 12.7. The summed E-state index contributed by atoms with van der Waals surface area (Å²) < 4.78 is 22.5. The number of ether oxygens (including phenoxy) is 4. The lowest BCUT2D eigenvalue weighted by Gasteiger charge is -2.19. The number of hydrogen-bond donors (Lipinski definition) is 0. The molecule has 0 aliphatic carbocycles. The van der Waals surface area contributed by atoms with Crippen LogP contribution in [0.1, 0.15) is 36.7 Å². The van der Waals surface area contributed by atoms with Gasteiger partial charge in [0.15, 0.2) is 11.5 Å². The van der Waals surface area contributed by atoms with Gasteiger partial charge in [0.2, 0.25) is 5.75 Å². The fourth-order valence-corrected chi connectivity index (χ4v) is 2.93. The van der Waals surface area contributed by atoms with Crippen molar-refractivity contribution in [3.63, 3.8) is 0 Å². The van der Waals surface area contributed by atoms with Crippen LogP contribution in [0.3, 0.4) is 0 Å². The predicted octanol–water partition coefficient (Wildman–Crippen LogP) is 4.47. The quantitative estimate of drug-likeness (QED) is 0.685. The molecule has 138 valence electrons. The Balaban J connectivity index is 2.09. The third kappa shape index (κ3) is 3.47. The first-order valence-corrected chi connectivity index (χ1v) is 8.82. The molecule has 0 radical (unpaired) electrons. The zero-order valence-electron chi connectivity index (χ0n) is 15.6. The van der Waals surface area contributed by atoms with Crippen LogP contribution in [0.4, 0.5) is 0 Å². The molecule has 0 atom stereocenters. The minimum atomic E-state index is -0.271. The Morgan fingerprint density at radius 1 is 1.08 bits per heavy atom. The molecule has 1 aliphatic heterocycles. The first-order chi connectivity index (χ1) is 12.5. The lowest BCUT2D eigenvalue weighted by atomic mass is 9.99. The molecule has 2 aromatic rings. The Morgan fingerprint density at radius 3 is 2.54 bits per heavy atom. The number of benzene rings is 2. The molecule has 0 bridgehead atoms. The summed E-state index contributed by atoms with van der Waals surface area (Å²) in [4.78, 5) is 11.7. The number of rotatable bonds is 7. The number of cyclic esters (lactones) is 1. The van der Waals surface area contributed by atoms with Gasteiger partial charge in [-0.05, 0) is 42.7 Å². The molecule has 5 heteroatoms. The summed E-state index contributed by atoms with van der Waals surface area (Å²) in [5.74, 6) is 1.98. The SMILES string of the molecule is CCOc1ccc(-c2ccc3c(c2)COC3=O)c(OCC(C)C)c1OC. The third-order valence-corrected chi connectivity index (χ3v) is 4.14. The summed E-state index contributed by atoms with van der Waals surface area (Å²) in [6.07, 6.45) is 0. The Hall–Kier alpha value is -2.69. The molecule has 0 saturated carbocycles. The Labute approximate surface area is 153 Å². The summed E-state index contributed by atoms with van der Waals surface area (Å²) in [5, 5.41) is 0. The molecular formula is C21H24O5. The second-order valence-corrected chi connectivity index (χ2v) is 6.56. The minimum Gasteiger partial charge on any atom is -0.490 e. The van der Waals surface area contributed by atoms with Gasteiger partial charge >= 0.3 is 5.97 Å². The van der Waals surface area contributed by atoms with E-state index in [4.69, 9.17) is 18.9 Å². The zero-order chi connectivity index (χ0) is 18.7. The van der Waals surface area contributed by atoms with Gasteiger partial charge in [0.05, 0.1) is 25.9 Å². The Kier molecular flexibility index (Phi) is 5.35. The van der Waals surface area contributed by atoms with Crippen molar-refractivity contribution in [2.45, 2.75) is 27.4 Å². The monoisotopic (exact) mass is 356 g/mol. The van der Waals surface area contributed by atoms with Crippen LogP contribution in [0.2, 0.25) is 0 Å². The van der Waals surface area contributed by atoms with Gasteiger partial charge in [-0.15, -0.1) is 0 Å². The smallest absolute Gasteiger partial charge is 0.338 e. The van der Waals surface area contributed by atoms with Gasteiger partial charge in [-0.25, -0.2) is 4.79 Å². The van der Waals surface area contributed by atoms with Crippen LogP contribution in [-0.2, 0) is 11.3 Å². The van der Waals surface area contributed by atoms with Gasteiger partial charge in [-0.3, -0.25) is 0 Å². The molecule has 1 aliphatic rings. The molecule has 0 aromatic heterocycles. The number of methoxy groups -OCH3 is 1. The van der Waals surface area contributed by atoms with E-state index in [0.29, 0.717) is 48.6 Å². The number of fused-ring (bicyclic) bond motifs is 1. The fourth-order valence-electron chi connectivity index (χ4n) is 2.93. The largest absolute Gasteiger partial charge is 0.490 e. The van der Waals surface area contributed by atoms with E-state index in [9.17, 15) is 4.79 Å². The van der Waals surface area contributed by atoms with Crippen LogP contribution >= 0.6 is 0 Å². The molecule has 1 heterocycles. The maximum absolute atomic E-state index is 11.7. The van der Waals surface area contributed by atoms with Gasteiger partial charge in [0, 0.05) is 11.1 Å². The van der Waals surface area contributed by atoms with Crippen molar-refractivity contribution in [2.24, 2.45) is 5.92 Å². The summed E-state index contributed by atoms with van der Waals surface area (Å²) in [6, 6.07) is 9.52. The second kappa shape index (κ2) is 7.68. The molecule has 0 spiro atoms. The molecule has 2 aromatic carbocycles. The molecule has 0 unspecified atom stereocenters. The fraction of sp³-hybridized carbons (Fsp3) is 0.381. The topological polar surface area (TPSA) is 54.0 Å². The van der Waals surface area contributed by atoms with Gasteiger partial charge in [0.25, 0.3) is 0 Å². The highest BCUT2D eigenvalue weighted by Crippen LogP contribution is 2.45. The number of hydrogen-bond acceptors (Lipinski definition) is 5. The summed E-state index contributed by atoms with van der Waals surface area (Å²) in [5.41, 5.74) is 3.35. The van der Waals surface area contributed by atoms with Crippen LogP contribution < -0.4 is 14.2 Å². The maximum atomic E-state index is 11.7. The van der Waals surface area contributed by atoms with E-state index in [1.807, 2.05) is 31.2 Å². The standard InChI is InChI=1S/C21H24O5/c1-5-24-18-9-8-16(19(20(18)23-4)25-11-13(2)3)14-6-7-17-15(10-14)12-26-21(17)22/h6-10,13H,5,11-12H2,1-4H3. The van der Waals surface area contributed by atoms with Crippen molar-refractivity contribution in [1.29, 1.82) is 0 Å². The highest BCUT2D eigenvalue weighted by Gasteiger charge is 2.23. The van der Waals surface area contributed by atoms with Crippen LogP contribution in [0.15, 0.2) is 30.3 Å². The van der Waals surface area contributed by atoms with Crippen molar-refractivity contribution >= 4 is 5.97 Å². The summed E-state index contributed by atoms with van der Waals surface area (Å²) >= 11 is 0. The lowest BCUT2D eigenvalue weighted by molar-refractivity contribution is 0.0535. The van der Waals surface area contributed by atoms with Crippen molar-refractivity contribution in [2.75, 3.05) is 20.3 Å². The van der Waals surface area contributed by atoms with E-state index in [-0.39, 0.29) is 5.97 Å². The van der Waals surface area contributed by atoms with E-state index < -0.39 is 0 Å². The molecule has 0 amide bonds. The first-order valence-electron chi connectivity index (χ1n) is 8.82. The molecule has 26 heavy (non-hydrogen) atoms. The maximum Gasteiger partial charge on any atom is 0.338 e. The van der Waals surface area contributed by atoms with Gasteiger partial charge in [0.1, 0.15) is 6.61 Å². The van der Waals surface area contributed by atoms with Crippen LogP contribution in [0, 0.1) is 5.92 Å². The molecule has 3 rings (SSSR count). The van der Waals surface area contributed by atoms with Gasteiger partial charge in [-0.2, -0.15) is 0 Å². The van der Waals surface area contributed by atoms with Crippen molar-refractivity contribution in [1.82, 2.24) is 0 Å². The highest BCUT2D eigenvalue weighted by atomic mass is 16.5. The average Bonchev–Trinajstić information content (AvgIpc) is 3.00. The van der Waals surface area contributed by atoms with Crippen LogP contribution in [0.25, 0.3) is 11.1 Å². The van der Waals surface area contributed by atoms with E-state index in [1.54, 1.807) is 13.2 Å². The summed E-state index contributed by atoms with van der Waals surface area (Å²) in [6.45, 7) is 7.52. The summed E-state index contributed by atoms with van der Waals surface area (Å²) in [7, 11) is 1.61. The number of carbonyl (C=O) groups excluding carboxylic acids is 1. The van der Waals surface area contributed by atoms with Crippen LogP contribution in [0.5, 0.6) is 17.2 Å². The Morgan fingerprint density at radius 2 is 1.85 bits per heavy atom. The Bertz CT molecular complexity index is 810. The van der Waals surface area contributed by atoms with Crippen molar-refractivity contribution in [3.8, 4) is 28.4 Å². The predicted molar refractivity (Wildman–Crippen MR) is 99.1 cm³/mol. The van der Waals surface area contributed by atoms with Crippen molar-refractivity contribution in [3.05, 3.63) is 41.5 Å². The van der Waals surface area contributed by atoms with E-state index in [2.05, 4.69) is 13.8 Å². The third-order valence-electron chi connectivity index (χ3n) is 4.14. The van der Waals surface area contributed by atoms with E-state index >= 15 is 0 Å². The van der Waals surface area contributed by atoms with Gasteiger partial charge in [-0.1, -0.05) is 19.9 Å². The highest BCUT2D eigenvalue weighted by molar-refractivity contribution is 5.94. The number of carbonyl (C=O) groups is 1. The molecule has 0 N–H and O–H groups in total. The molecule has 5 nitrogen and oxygen atoms in total. The number of esters is 1. The van der Waals surface area contributed by atoms with E-state index in [0.717, 1.165) is 16.7 Å². The zero-order valence-corrected chi connectivity index (χ0v) is 15.6. The average molecular weight is 356 g/mol. The minimum absolute atomic E-state index is 0.271. The van der Waals surface area contributed by atoms with Crippen molar-refractivity contribution < 1.29 is 23.7 Å². The lowest BCUT2D eigenvalue weighted by Crippen LogP contribution is -2.07. The second-order valence-electron chi connectivity index (χ2n) is 6.56. The molecule has 0 fully saturated rings.